The number of nitrogens with zero attached hydrogens (tertiary/aromatic N) is 2. The van der Waals surface area contributed by atoms with Gasteiger partial charge in [0, 0.05) is 28.5 Å². The van der Waals surface area contributed by atoms with Crippen LogP contribution in [0.4, 0.5) is 4.79 Å². The fraction of sp³-hybridized carbons (Fsp3) is 0.278. The van der Waals surface area contributed by atoms with Gasteiger partial charge in [-0.25, -0.2) is 4.79 Å². The molecular formula is C18H18Cl2N2O2S. The van der Waals surface area contributed by atoms with E-state index >= 15 is 0 Å². The summed E-state index contributed by atoms with van der Waals surface area (Å²) in [5.74, 6) is 0. The number of benzene rings is 2. The minimum atomic E-state index is -0.966. The molecule has 1 fully saturated rings. The van der Waals surface area contributed by atoms with Crippen LogP contribution in [0.1, 0.15) is 12.5 Å². The molecule has 1 N–H and O–H groups in total. The molecule has 0 saturated carbocycles. The topological polar surface area (TPSA) is 43.8 Å². The largest absolute Gasteiger partial charge is 0.370 e. The number of hydrogen-bond donors (Lipinski definition) is 1. The molecule has 2 aromatic rings. The number of aliphatic hydroxyl groups is 1. The summed E-state index contributed by atoms with van der Waals surface area (Å²) in [7, 11) is 1.60. The first kappa shape index (κ1) is 18.4. The van der Waals surface area contributed by atoms with Crippen molar-refractivity contribution in [3.8, 4) is 0 Å². The lowest BCUT2D eigenvalue weighted by Crippen LogP contribution is -2.46. The summed E-state index contributed by atoms with van der Waals surface area (Å²) in [6.07, 6.45) is -0.966. The maximum atomic E-state index is 12.7. The molecule has 1 aliphatic rings. The zero-order valence-corrected chi connectivity index (χ0v) is 16.1. The number of halogens is 2. The van der Waals surface area contributed by atoms with Crippen molar-refractivity contribution in [2.24, 2.45) is 0 Å². The van der Waals surface area contributed by atoms with Crippen molar-refractivity contribution in [2.45, 2.75) is 29.5 Å². The molecule has 3 rings (SSSR count). The van der Waals surface area contributed by atoms with Gasteiger partial charge in [0.05, 0.1) is 0 Å². The highest BCUT2D eigenvalue weighted by Crippen LogP contribution is 2.45. The fourth-order valence-corrected chi connectivity index (χ4v) is 4.93. The van der Waals surface area contributed by atoms with Crippen LogP contribution in [-0.2, 0) is 6.54 Å². The third-order valence-corrected chi connectivity index (χ3v) is 6.01. The van der Waals surface area contributed by atoms with E-state index in [4.69, 9.17) is 23.2 Å². The Hall–Kier alpha value is -1.40. The summed E-state index contributed by atoms with van der Waals surface area (Å²) in [6, 6.07) is 14.7. The van der Waals surface area contributed by atoms with Gasteiger partial charge >= 0.3 is 6.03 Å². The number of likely N-dealkylation sites (N-methyl/N-ethyl adjacent to an activating group) is 1. The second-order valence-corrected chi connectivity index (χ2v) is 8.48. The SMILES string of the molecule is CN1C(=O)N(Cc2ccccc2)C(C)(Sc2cc(Cl)cc(Cl)c2)C1O. The first-order valence-corrected chi connectivity index (χ1v) is 9.30. The van der Waals surface area contributed by atoms with Crippen molar-refractivity contribution >= 4 is 41.0 Å². The number of amides is 2. The van der Waals surface area contributed by atoms with Gasteiger partial charge in [0.15, 0.2) is 6.23 Å². The molecule has 2 aromatic carbocycles. The van der Waals surface area contributed by atoms with Crippen molar-refractivity contribution in [3.63, 3.8) is 0 Å². The van der Waals surface area contributed by atoms with Crippen molar-refractivity contribution in [3.05, 3.63) is 64.1 Å². The Balaban J connectivity index is 1.95. The Morgan fingerprint density at radius 2 is 1.76 bits per heavy atom. The lowest BCUT2D eigenvalue weighted by atomic mass is 10.2. The number of rotatable bonds is 4. The van der Waals surface area contributed by atoms with Crippen LogP contribution < -0.4 is 0 Å². The lowest BCUT2D eigenvalue weighted by molar-refractivity contribution is 0.0366. The second-order valence-electron chi connectivity index (χ2n) is 6.10. The van der Waals surface area contributed by atoms with Crippen LogP contribution in [0.3, 0.4) is 0 Å². The van der Waals surface area contributed by atoms with E-state index in [1.807, 2.05) is 37.3 Å². The average Bonchev–Trinajstić information content (AvgIpc) is 2.71. The number of hydrogen-bond acceptors (Lipinski definition) is 3. The molecule has 132 valence electrons. The molecule has 0 radical (unpaired) electrons. The van der Waals surface area contributed by atoms with Gasteiger partial charge < -0.3 is 10.0 Å². The van der Waals surface area contributed by atoms with Crippen LogP contribution >= 0.6 is 35.0 Å². The van der Waals surface area contributed by atoms with E-state index in [1.54, 1.807) is 30.1 Å². The van der Waals surface area contributed by atoms with E-state index in [1.165, 1.54) is 16.7 Å². The number of carbonyl (C=O) groups excluding carboxylic acids is 1. The molecule has 1 aliphatic heterocycles. The highest BCUT2D eigenvalue weighted by molar-refractivity contribution is 8.00. The third-order valence-electron chi connectivity index (χ3n) is 4.26. The summed E-state index contributed by atoms with van der Waals surface area (Å²) in [5.41, 5.74) is 0.995. The van der Waals surface area contributed by atoms with Gasteiger partial charge in [0.2, 0.25) is 0 Å². The van der Waals surface area contributed by atoms with Crippen molar-refractivity contribution < 1.29 is 9.90 Å². The second kappa shape index (κ2) is 7.08. The van der Waals surface area contributed by atoms with E-state index in [0.717, 1.165) is 10.5 Å². The normalized spacial score (nSPS) is 23.4. The summed E-state index contributed by atoms with van der Waals surface area (Å²) < 4.78 is 0. The van der Waals surface area contributed by atoms with Crippen molar-refractivity contribution in [2.75, 3.05) is 7.05 Å². The molecule has 0 aliphatic carbocycles. The predicted molar refractivity (Wildman–Crippen MR) is 102 cm³/mol. The van der Waals surface area contributed by atoms with Crippen LogP contribution in [0.5, 0.6) is 0 Å². The third kappa shape index (κ3) is 3.60. The van der Waals surface area contributed by atoms with Gasteiger partial charge in [-0.3, -0.25) is 4.90 Å². The number of urea groups is 1. The van der Waals surface area contributed by atoms with Gasteiger partial charge in [-0.1, -0.05) is 65.3 Å². The molecule has 0 spiro atoms. The minimum absolute atomic E-state index is 0.223. The molecular weight excluding hydrogens is 379 g/mol. The molecule has 0 bridgehead atoms. The van der Waals surface area contributed by atoms with Gasteiger partial charge in [0.1, 0.15) is 4.87 Å². The van der Waals surface area contributed by atoms with E-state index in [0.29, 0.717) is 16.6 Å². The highest BCUT2D eigenvalue weighted by Gasteiger charge is 2.53. The maximum absolute atomic E-state index is 12.7. The van der Waals surface area contributed by atoms with E-state index < -0.39 is 11.1 Å². The quantitative estimate of drug-likeness (QED) is 0.814. The molecule has 25 heavy (non-hydrogen) atoms. The van der Waals surface area contributed by atoms with Gasteiger partial charge in [-0.05, 0) is 30.7 Å². The van der Waals surface area contributed by atoms with E-state index in [9.17, 15) is 9.90 Å². The van der Waals surface area contributed by atoms with Crippen molar-refractivity contribution in [1.29, 1.82) is 0 Å². The molecule has 0 aromatic heterocycles. The van der Waals surface area contributed by atoms with Gasteiger partial charge in [-0.15, -0.1) is 0 Å². The van der Waals surface area contributed by atoms with Gasteiger partial charge in [0.25, 0.3) is 0 Å². The highest BCUT2D eigenvalue weighted by atomic mass is 35.5. The number of thioether (sulfide) groups is 1. The standard InChI is InChI=1S/C18H18Cl2N2O2S/c1-18(25-15-9-13(19)8-14(20)10-15)16(23)21(2)17(24)22(18)11-12-6-4-3-5-7-12/h3-10,16,23H,11H2,1-2H3. The summed E-state index contributed by atoms with van der Waals surface area (Å²) in [4.78, 5) is 15.6. The fourth-order valence-electron chi connectivity index (χ4n) is 2.91. The zero-order chi connectivity index (χ0) is 18.2. The first-order valence-electron chi connectivity index (χ1n) is 7.73. The van der Waals surface area contributed by atoms with E-state index in [-0.39, 0.29) is 6.03 Å². The Bertz CT molecular complexity index is 770. The zero-order valence-electron chi connectivity index (χ0n) is 13.8. The molecule has 2 unspecified atom stereocenters. The van der Waals surface area contributed by atoms with Crippen LogP contribution in [0.2, 0.25) is 10.0 Å². The maximum Gasteiger partial charge on any atom is 0.323 e. The smallest absolute Gasteiger partial charge is 0.323 e. The Morgan fingerprint density at radius 3 is 2.36 bits per heavy atom. The number of aliphatic hydroxyl groups excluding tert-OH is 1. The molecule has 1 heterocycles. The molecule has 2 atom stereocenters. The lowest BCUT2D eigenvalue weighted by Gasteiger charge is -2.35. The minimum Gasteiger partial charge on any atom is -0.370 e. The van der Waals surface area contributed by atoms with E-state index in [2.05, 4.69) is 0 Å². The molecule has 2 amide bonds. The molecule has 4 nitrogen and oxygen atoms in total. The summed E-state index contributed by atoms with van der Waals surface area (Å²) >= 11 is 13.5. The summed E-state index contributed by atoms with van der Waals surface area (Å²) in [6.45, 7) is 2.25. The van der Waals surface area contributed by atoms with Gasteiger partial charge in [-0.2, -0.15) is 0 Å². The van der Waals surface area contributed by atoms with Crippen LogP contribution in [0.15, 0.2) is 53.4 Å². The molecule has 7 heteroatoms. The number of carbonyl (C=O) groups is 1. The summed E-state index contributed by atoms with van der Waals surface area (Å²) in [5, 5.41) is 11.7. The molecule has 1 saturated heterocycles. The van der Waals surface area contributed by atoms with Crippen LogP contribution in [0, 0.1) is 0 Å². The monoisotopic (exact) mass is 396 g/mol. The average molecular weight is 397 g/mol. The predicted octanol–water partition coefficient (Wildman–Crippen LogP) is 4.69. The van der Waals surface area contributed by atoms with Crippen LogP contribution in [0.25, 0.3) is 0 Å². The van der Waals surface area contributed by atoms with Crippen LogP contribution in [-0.4, -0.2) is 39.1 Å². The van der Waals surface area contributed by atoms with Crippen molar-refractivity contribution in [1.82, 2.24) is 9.80 Å². The Morgan fingerprint density at radius 1 is 1.16 bits per heavy atom. The Kier molecular flexibility index (Phi) is 5.21. The first-order chi connectivity index (χ1) is 11.8. The Labute approximate surface area is 161 Å².